The van der Waals surface area contributed by atoms with Crippen LogP contribution in [0.25, 0.3) is 17.3 Å². The average molecular weight is 377 g/mol. The Labute approximate surface area is 152 Å². The lowest BCUT2D eigenvalue weighted by atomic mass is 10.0. The predicted molar refractivity (Wildman–Crippen MR) is 99.9 cm³/mol. The smallest absolute Gasteiger partial charge is 0.239 e. The van der Waals surface area contributed by atoms with Gasteiger partial charge in [-0.05, 0) is 42.3 Å². The Balaban J connectivity index is 2.64. The number of allylic oxidation sites excluding steroid dienone is 1. The van der Waals surface area contributed by atoms with E-state index in [1.165, 1.54) is 25.3 Å². The molecule has 0 aliphatic heterocycles. The number of nitrogens with zero attached hydrogens (tertiary/aromatic N) is 3. The van der Waals surface area contributed by atoms with Crippen LogP contribution in [0.15, 0.2) is 30.3 Å². The molecule has 0 N–H and O–H groups in total. The number of carbonyl (C=O) groups excluding carboxylic acids is 1. The summed E-state index contributed by atoms with van der Waals surface area (Å²) in [5.41, 5.74) is 1.95. The van der Waals surface area contributed by atoms with Crippen molar-refractivity contribution in [2.75, 3.05) is 17.6 Å². The van der Waals surface area contributed by atoms with E-state index in [1.807, 2.05) is 13.8 Å². The van der Waals surface area contributed by atoms with Crippen molar-refractivity contribution in [3.8, 4) is 11.3 Å². The summed E-state index contributed by atoms with van der Waals surface area (Å²) in [6.45, 7) is 3.86. The van der Waals surface area contributed by atoms with Crippen LogP contribution in [0.1, 0.15) is 31.0 Å². The number of anilines is 1. The number of hydrogen-bond donors (Lipinski definition) is 0. The minimum absolute atomic E-state index is 0.0401. The van der Waals surface area contributed by atoms with Gasteiger partial charge in [0.25, 0.3) is 0 Å². The van der Waals surface area contributed by atoms with Crippen molar-refractivity contribution in [2.45, 2.75) is 19.8 Å². The van der Waals surface area contributed by atoms with E-state index in [4.69, 9.17) is 0 Å². The first kappa shape index (κ1) is 19.7. The maximum Gasteiger partial charge on any atom is 0.239 e. The number of carbonyl (C=O) groups is 1. The maximum atomic E-state index is 13.9. The highest BCUT2D eigenvalue weighted by atomic mass is 32.2. The summed E-state index contributed by atoms with van der Waals surface area (Å²) < 4.78 is 38.6. The molecule has 1 aromatic heterocycles. The molecule has 0 amide bonds. The standard InChI is InChI=1S/C18H20FN3O3S/c1-12(2)16-11-17(21-18(20-16)22(3)26(4,24)25)14-7-8-15(19)13(10-14)6-5-9-23/h5-12H,1-4H3/b6-5+. The molecular formula is C18H20FN3O3S. The minimum Gasteiger partial charge on any atom is -0.299 e. The molecule has 1 heterocycles. The average Bonchev–Trinajstić information content (AvgIpc) is 2.59. The van der Waals surface area contributed by atoms with E-state index in [-0.39, 0.29) is 17.4 Å². The van der Waals surface area contributed by atoms with Crippen LogP contribution in [0.5, 0.6) is 0 Å². The molecule has 0 aliphatic carbocycles. The van der Waals surface area contributed by atoms with Gasteiger partial charge in [-0.3, -0.25) is 4.79 Å². The van der Waals surface area contributed by atoms with Gasteiger partial charge in [0, 0.05) is 23.9 Å². The van der Waals surface area contributed by atoms with Crippen molar-refractivity contribution in [3.63, 3.8) is 0 Å². The van der Waals surface area contributed by atoms with Gasteiger partial charge in [0.15, 0.2) is 0 Å². The molecule has 0 saturated carbocycles. The normalized spacial score (nSPS) is 11.9. The zero-order valence-corrected chi connectivity index (χ0v) is 15.8. The van der Waals surface area contributed by atoms with E-state index in [0.717, 1.165) is 10.6 Å². The zero-order valence-electron chi connectivity index (χ0n) is 15.0. The van der Waals surface area contributed by atoms with Gasteiger partial charge in [0.2, 0.25) is 16.0 Å². The first-order chi connectivity index (χ1) is 12.1. The number of aldehydes is 1. The highest BCUT2D eigenvalue weighted by molar-refractivity contribution is 7.92. The molecule has 0 fully saturated rings. The van der Waals surface area contributed by atoms with Crippen LogP contribution < -0.4 is 4.31 Å². The summed E-state index contributed by atoms with van der Waals surface area (Å²) in [5.74, 6) is -0.389. The fraction of sp³-hybridized carbons (Fsp3) is 0.278. The molecular weight excluding hydrogens is 357 g/mol. The van der Waals surface area contributed by atoms with Crippen LogP contribution in [0.2, 0.25) is 0 Å². The van der Waals surface area contributed by atoms with Gasteiger partial charge in [0.05, 0.1) is 11.9 Å². The number of sulfonamides is 1. The monoisotopic (exact) mass is 377 g/mol. The van der Waals surface area contributed by atoms with E-state index < -0.39 is 15.8 Å². The fourth-order valence-corrected chi connectivity index (χ4v) is 2.54. The predicted octanol–water partition coefficient (Wildman–Crippen LogP) is 3.01. The van der Waals surface area contributed by atoms with Crippen molar-refractivity contribution in [1.82, 2.24) is 9.97 Å². The number of halogens is 1. The highest BCUT2D eigenvalue weighted by Gasteiger charge is 2.18. The Bertz CT molecular complexity index is 956. The Kier molecular flexibility index (Phi) is 5.86. The van der Waals surface area contributed by atoms with Crippen LogP contribution >= 0.6 is 0 Å². The second-order valence-corrected chi connectivity index (χ2v) is 8.11. The SMILES string of the molecule is CC(C)c1cc(-c2ccc(F)c(/C=C/C=O)c2)nc(N(C)S(C)(=O)=O)n1. The highest BCUT2D eigenvalue weighted by Crippen LogP contribution is 2.26. The summed E-state index contributed by atoms with van der Waals surface area (Å²) in [7, 11) is -2.15. The molecule has 26 heavy (non-hydrogen) atoms. The number of aromatic nitrogens is 2. The molecule has 6 nitrogen and oxygen atoms in total. The largest absolute Gasteiger partial charge is 0.299 e. The Morgan fingerprint density at radius 1 is 1.19 bits per heavy atom. The van der Waals surface area contributed by atoms with E-state index in [0.29, 0.717) is 23.2 Å². The summed E-state index contributed by atoms with van der Waals surface area (Å²) in [6, 6.07) is 6.11. The molecule has 0 saturated heterocycles. The van der Waals surface area contributed by atoms with Crippen molar-refractivity contribution in [1.29, 1.82) is 0 Å². The first-order valence-corrected chi connectivity index (χ1v) is 9.73. The molecule has 0 unspecified atom stereocenters. The Morgan fingerprint density at radius 2 is 1.88 bits per heavy atom. The van der Waals surface area contributed by atoms with Gasteiger partial charge in [-0.1, -0.05) is 13.8 Å². The van der Waals surface area contributed by atoms with Gasteiger partial charge in [-0.15, -0.1) is 0 Å². The van der Waals surface area contributed by atoms with Crippen LogP contribution in [0.4, 0.5) is 10.3 Å². The molecule has 0 aliphatic rings. The van der Waals surface area contributed by atoms with Gasteiger partial charge >= 0.3 is 0 Å². The quantitative estimate of drug-likeness (QED) is 0.571. The molecule has 0 radical (unpaired) electrons. The molecule has 0 spiro atoms. The van der Waals surface area contributed by atoms with E-state index in [1.54, 1.807) is 18.2 Å². The van der Waals surface area contributed by atoms with E-state index in [2.05, 4.69) is 9.97 Å². The van der Waals surface area contributed by atoms with Gasteiger partial charge in [-0.25, -0.2) is 27.1 Å². The zero-order chi connectivity index (χ0) is 19.5. The summed E-state index contributed by atoms with van der Waals surface area (Å²) in [4.78, 5) is 19.1. The minimum atomic E-state index is -3.53. The molecule has 8 heteroatoms. The number of benzene rings is 1. The third-order valence-corrected chi connectivity index (χ3v) is 4.91. The van der Waals surface area contributed by atoms with Crippen LogP contribution in [0.3, 0.4) is 0 Å². The van der Waals surface area contributed by atoms with Crippen molar-refractivity contribution < 1.29 is 17.6 Å². The van der Waals surface area contributed by atoms with E-state index >= 15 is 0 Å². The summed E-state index contributed by atoms with van der Waals surface area (Å²) in [5, 5.41) is 0. The van der Waals surface area contributed by atoms with Crippen molar-refractivity contribution >= 4 is 28.3 Å². The van der Waals surface area contributed by atoms with Gasteiger partial charge in [0.1, 0.15) is 12.1 Å². The first-order valence-electron chi connectivity index (χ1n) is 7.88. The van der Waals surface area contributed by atoms with Gasteiger partial charge < -0.3 is 0 Å². The molecule has 138 valence electrons. The fourth-order valence-electron chi connectivity index (χ4n) is 2.16. The Hall–Kier alpha value is -2.61. The molecule has 2 aromatic rings. The van der Waals surface area contributed by atoms with Crippen molar-refractivity contribution in [2.24, 2.45) is 0 Å². The second-order valence-electron chi connectivity index (χ2n) is 6.09. The number of rotatable bonds is 6. The van der Waals surface area contributed by atoms with Crippen molar-refractivity contribution in [3.05, 3.63) is 47.4 Å². The molecule has 0 atom stereocenters. The van der Waals surface area contributed by atoms with E-state index in [9.17, 15) is 17.6 Å². The van der Waals surface area contributed by atoms with Crippen LogP contribution in [-0.4, -0.2) is 38.0 Å². The lowest BCUT2D eigenvalue weighted by Crippen LogP contribution is -2.27. The van der Waals surface area contributed by atoms with Crippen LogP contribution in [-0.2, 0) is 14.8 Å². The molecule has 0 bridgehead atoms. The lowest BCUT2D eigenvalue weighted by molar-refractivity contribution is -0.104. The topological polar surface area (TPSA) is 80.2 Å². The number of hydrogen-bond acceptors (Lipinski definition) is 5. The third-order valence-electron chi connectivity index (χ3n) is 3.75. The van der Waals surface area contributed by atoms with Gasteiger partial charge in [-0.2, -0.15) is 0 Å². The second kappa shape index (κ2) is 7.74. The third kappa shape index (κ3) is 4.51. The Morgan fingerprint density at radius 3 is 2.46 bits per heavy atom. The molecule has 2 rings (SSSR count). The molecule has 1 aromatic carbocycles. The van der Waals surface area contributed by atoms with Crippen LogP contribution in [0, 0.1) is 5.82 Å². The summed E-state index contributed by atoms with van der Waals surface area (Å²) >= 11 is 0. The lowest BCUT2D eigenvalue weighted by Gasteiger charge is -2.17. The maximum absolute atomic E-state index is 13.9. The summed E-state index contributed by atoms with van der Waals surface area (Å²) in [6.07, 6.45) is 4.19.